The first-order valence-corrected chi connectivity index (χ1v) is 6.21. The van der Waals surface area contributed by atoms with Crippen molar-refractivity contribution in [3.63, 3.8) is 0 Å². The summed E-state index contributed by atoms with van der Waals surface area (Å²) in [5.41, 5.74) is 0.220. The van der Waals surface area contributed by atoms with Crippen LogP contribution in [0.2, 0.25) is 0 Å². The Morgan fingerprint density at radius 1 is 1.16 bits per heavy atom. The summed E-state index contributed by atoms with van der Waals surface area (Å²) in [5.74, 6) is -0.786. The minimum absolute atomic E-state index is 0.135. The molecule has 0 bridgehead atoms. The quantitative estimate of drug-likeness (QED) is 0.353. The zero-order chi connectivity index (χ0) is 14.0. The molecule has 0 unspecified atom stereocenters. The van der Waals surface area contributed by atoms with Crippen LogP contribution in [0.4, 0.5) is 5.69 Å². The normalized spacial score (nSPS) is 13.8. The SMILES string of the molecule is CCCCCN1C(=O)c2ccc([N+](=O)[O-])cc2C1=O. The molecule has 1 aliphatic rings. The molecule has 2 rings (SSSR count). The minimum Gasteiger partial charge on any atom is -0.274 e. The molecule has 0 N–H and O–H groups in total. The third kappa shape index (κ3) is 2.33. The maximum absolute atomic E-state index is 12.1. The summed E-state index contributed by atoms with van der Waals surface area (Å²) in [4.78, 5) is 35.4. The van der Waals surface area contributed by atoms with Crippen molar-refractivity contribution in [3.8, 4) is 0 Å². The van der Waals surface area contributed by atoms with Gasteiger partial charge in [0.15, 0.2) is 0 Å². The van der Waals surface area contributed by atoms with Gasteiger partial charge >= 0.3 is 0 Å². The second kappa shape index (κ2) is 5.17. The van der Waals surface area contributed by atoms with Crippen molar-refractivity contribution in [2.75, 3.05) is 6.54 Å². The molecule has 0 spiro atoms. The summed E-state index contributed by atoms with van der Waals surface area (Å²) in [6, 6.07) is 3.78. The molecule has 0 radical (unpaired) electrons. The van der Waals surface area contributed by atoms with Crippen molar-refractivity contribution in [3.05, 3.63) is 39.4 Å². The van der Waals surface area contributed by atoms with Crippen LogP contribution in [0.15, 0.2) is 18.2 Å². The molecule has 0 atom stereocenters. The average Bonchev–Trinajstić information content (AvgIpc) is 2.63. The number of rotatable bonds is 5. The molecular formula is C13H14N2O4. The van der Waals surface area contributed by atoms with Crippen LogP contribution < -0.4 is 0 Å². The molecule has 1 aromatic rings. The molecule has 0 saturated carbocycles. The van der Waals surface area contributed by atoms with E-state index in [9.17, 15) is 19.7 Å². The Morgan fingerprint density at radius 3 is 2.47 bits per heavy atom. The van der Waals surface area contributed by atoms with Gasteiger partial charge in [-0.2, -0.15) is 0 Å². The van der Waals surface area contributed by atoms with Crippen LogP contribution in [0.25, 0.3) is 0 Å². The van der Waals surface area contributed by atoms with E-state index in [2.05, 4.69) is 0 Å². The van der Waals surface area contributed by atoms with E-state index >= 15 is 0 Å². The number of imide groups is 1. The molecule has 1 heterocycles. The summed E-state index contributed by atoms with van der Waals surface area (Å²) in [6.45, 7) is 2.40. The van der Waals surface area contributed by atoms with Gasteiger partial charge in [-0.15, -0.1) is 0 Å². The number of nitro benzene ring substituents is 1. The van der Waals surface area contributed by atoms with Crippen LogP contribution in [-0.2, 0) is 0 Å². The Morgan fingerprint density at radius 2 is 1.84 bits per heavy atom. The fraction of sp³-hybridized carbons (Fsp3) is 0.385. The topological polar surface area (TPSA) is 80.5 Å². The van der Waals surface area contributed by atoms with Gasteiger partial charge < -0.3 is 0 Å². The number of non-ortho nitro benzene ring substituents is 1. The van der Waals surface area contributed by atoms with Gasteiger partial charge in [0, 0.05) is 18.7 Å². The number of nitrogens with zero attached hydrogens (tertiary/aromatic N) is 2. The number of hydrogen-bond acceptors (Lipinski definition) is 4. The number of carbonyl (C=O) groups is 2. The lowest BCUT2D eigenvalue weighted by Gasteiger charge is -2.12. The maximum Gasteiger partial charge on any atom is 0.270 e. The molecule has 19 heavy (non-hydrogen) atoms. The second-order valence-corrected chi connectivity index (χ2v) is 4.46. The largest absolute Gasteiger partial charge is 0.274 e. The fourth-order valence-electron chi connectivity index (χ4n) is 2.12. The predicted octanol–water partition coefficient (Wildman–Crippen LogP) is 2.38. The Kier molecular flexibility index (Phi) is 3.59. The van der Waals surface area contributed by atoms with E-state index in [1.165, 1.54) is 23.1 Å². The van der Waals surface area contributed by atoms with Gasteiger partial charge in [0.05, 0.1) is 16.1 Å². The van der Waals surface area contributed by atoms with Crippen molar-refractivity contribution >= 4 is 17.5 Å². The molecule has 100 valence electrons. The van der Waals surface area contributed by atoms with E-state index in [-0.39, 0.29) is 22.7 Å². The Balaban J connectivity index is 2.26. The molecule has 1 aliphatic heterocycles. The highest BCUT2D eigenvalue weighted by Crippen LogP contribution is 2.26. The molecular weight excluding hydrogens is 248 g/mol. The zero-order valence-corrected chi connectivity index (χ0v) is 10.6. The van der Waals surface area contributed by atoms with Gasteiger partial charge in [-0.05, 0) is 12.5 Å². The smallest absolute Gasteiger partial charge is 0.270 e. The average molecular weight is 262 g/mol. The lowest BCUT2D eigenvalue weighted by Crippen LogP contribution is -2.30. The fourth-order valence-corrected chi connectivity index (χ4v) is 2.12. The molecule has 0 aliphatic carbocycles. The van der Waals surface area contributed by atoms with Crippen molar-refractivity contribution in [1.29, 1.82) is 0 Å². The van der Waals surface area contributed by atoms with Crippen LogP contribution in [0.1, 0.15) is 46.9 Å². The highest BCUT2D eigenvalue weighted by Gasteiger charge is 2.36. The van der Waals surface area contributed by atoms with Gasteiger partial charge in [0.2, 0.25) is 0 Å². The van der Waals surface area contributed by atoms with Gasteiger partial charge in [0.25, 0.3) is 17.5 Å². The van der Waals surface area contributed by atoms with Crippen molar-refractivity contribution in [2.45, 2.75) is 26.2 Å². The summed E-state index contributed by atoms with van der Waals surface area (Å²) in [6.07, 6.45) is 2.69. The maximum atomic E-state index is 12.1. The Labute approximate surface area is 110 Å². The van der Waals surface area contributed by atoms with Crippen LogP contribution >= 0.6 is 0 Å². The lowest BCUT2D eigenvalue weighted by molar-refractivity contribution is -0.384. The number of amides is 2. The number of fused-ring (bicyclic) bond motifs is 1. The predicted molar refractivity (Wildman–Crippen MR) is 68.0 cm³/mol. The Hall–Kier alpha value is -2.24. The first kappa shape index (κ1) is 13.2. The van der Waals surface area contributed by atoms with E-state index in [1.807, 2.05) is 6.92 Å². The van der Waals surface area contributed by atoms with E-state index < -0.39 is 10.8 Å². The summed E-state index contributed by atoms with van der Waals surface area (Å²) >= 11 is 0. The van der Waals surface area contributed by atoms with Crippen molar-refractivity contribution < 1.29 is 14.5 Å². The number of benzene rings is 1. The lowest BCUT2D eigenvalue weighted by atomic mass is 10.1. The van der Waals surface area contributed by atoms with E-state index in [0.717, 1.165) is 19.3 Å². The van der Waals surface area contributed by atoms with Crippen molar-refractivity contribution in [1.82, 2.24) is 4.90 Å². The second-order valence-electron chi connectivity index (χ2n) is 4.46. The van der Waals surface area contributed by atoms with Gasteiger partial charge in [-0.1, -0.05) is 19.8 Å². The monoisotopic (exact) mass is 262 g/mol. The number of carbonyl (C=O) groups excluding carboxylic acids is 2. The van der Waals surface area contributed by atoms with E-state index in [0.29, 0.717) is 6.54 Å². The van der Waals surface area contributed by atoms with Crippen LogP contribution in [0, 0.1) is 10.1 Å². The molecule has 6 heteroatoms. The molecule has 1 aromatic carbocycles. The number of nitro groups is 1. The van der Waals surface area contributed by atoms with Crippen LogP contribution in [0.3, 0.4) is 0 Å². The van der Waals surface area contributed by atoms with Gasteiger partial charge in [-0.25, -0.2) is 0 Å². The first-order valence-electron chi connectivity index (χ1n) is 6.21. The highest BCUT2D eigenvalue weighted by atomic mass is 16.6. The molecule has 6 nitrogen and oxygen atoms in total. The van der Waals surface area contributed by atoms with Gasteiger partial charge in [-0.3, -0.25) is 24.6 Å². The highest BCUT2D eigenvalue weighted by molar-refractivity contribution is 6.21. The minimum atomic E-state index is -0.572. The zero-order valence-electron chi connectivity index (χ0n) is 10.6. The molecule has 2 amide bonds. The number of unbranched alkanes of at least 4 members (excludes halogenated alkanes) is 2. The van der Waals surface area contributed by atoms with Crippen LogP contribution in [-0.4, -0.2) is 28.2 Å². The molecule has 0 fully saturated rings. The molecule has 0 saturated heterocycles. The Bertz CT molecular complexity index is 554. The third-order valence-corrected chi connectivity index (χ3v) is 3.15. The van der Waals surface area contributed by atoms with E-state index in [1.54, 1.807) is 0 Å². The summed E-state index contributed by atoms with van der Waals surface area (Å²) < 4.78 is 0. The third-order valence-electron chi connectivity index (χ3n) is 3.15. The summed E-state index contributed by atoms with van der Waals surface area (Å²) in [7, 11) is 0. The van der Waals surface area contributed by atoms with Crippen molar-refractivity contribution in [2.24, 2.45) is 0 Å². The molecule has 0 aromatic heterocycles. The standard InChI is InChI=1S/C13H14N2O4/c1-2-3-4-7-14-12(16)10-6-5-9(15(18)19)8-11(10)13(14)17/h5-6,8H,2-4,7H2,1H3. The van der Waals surface area contributed by atoms with E-state index in [4.69, 9.17) is 0 Å². The first-order chi connectivity index (χ1) is 9.06. The van der Waals surface area contributed by atoms with Crippen LogP contribution in [0.5, 0.6) is 0 Å². The summed E-state index contributed by atoms with van der Waals surface area (Å²) in [5, 5.41) is 10.7. The number of hydrogen-bond donors (Lipinski definition) is 0. The van der Waals surface area contributed by atoms with Gasteiger partial charge in [0.1, 0.15) is 0 Å².